The number of carbonyl (C=O) groups excluding carboxylic acids is 1. The van der Waals surface area contributed by atoms with Crippen LogP contribution < -0.4 is 10.1 Å². The van der Waals surface area contributed by atoms with Crippen LogP contribution in [0, 0.1) is 0 Å². The first kappa shape index (κ1) is 14.9. The van der Waals surface area contributed by atoms with Gasteiger partial charge >= 0.3 is 0 Å². The summed E-state index contributed by atoms with van der Waals surface area (Å²) < 4.78 is 10.5. The van der Waals surface area contributed by atoms with Gasteiger partial charge in [0.1, 0.15) is 5.75 Å². The average molecular weight is 318 g/mol. The van der Waals surface area contributed by atoms with Gasteiger partial charge in [-0.1, -0.05) is 0 Å². The average Bonchev–Trinajstić information content (AvgIpc) is 2.37. The maximum atomic E-state index is 11.9. The van der Waals surface area contributed by atoms with Crippen LogP contribution in [-0.4, -0.2) is 44.5 Å². The van der Waals surface area contributed by atoms with E-state index in [2.05, 4.69) is 21.2 Å². The molecule has 1 aromatic carbocycles. The number of benzene rings is 1. The number of halogens is 1. The molecular formula is C12H16BrNO4. The lowest BCUT2D eigenvalue weighted by molar-refractivity contribution is 0.0609. The molecule has 0 saturated carbocycles. The largest absolute Gasteiger partial charge is 0.497 e. The lowest BCUT2D eigenvalue weighted by Crippen LogP contribution is -2.34. The van der Waals surface area contributed by atoms with Crippen molar-refractivity contribution in [2.24, 2.45) is 0 Å². The number of hydrogen-bond donors (Lipinski definition) is 2. The van der Waals surface area contributed by atoms with Crippen molar-refractivity contribution >= 4 is 21.8 Å². The SMILES string of the molecule is COCC(O)CNC(=O)c1cc(OC)ccc1Br. The van der Waals surface area contributed by atoms with E-state index in [9.17, 15) is 9.90 Å². The summed E-state index contributed by atoms with van der Waals surface area (Å²) in [5.41, 5.74) is 0.457. The summed E-state index contributed by atoms with van der Waals surface area (Å²) in [5.74, 6) is 0.316. The first-order valence-electron chi connectivity index (χ1n) is 5.37. The highest BCUT2D eigenvalue weighted by atomic mass is 79.9. The van der Waals surface area contributed by atoms with Gasteiger partial charge in [-0.05, 0) is 34.1 Å². The van der Waals surface area contributed by atoms with Crippen LogP contribution >= 0.6 is 15.9 Å². The summed E-state index contributed by atoms with van der Waals surface area (Å²) in [7, 11) is 3.02. The zero-order valence-corrected chi connectivity index (χ0v) is 11.9. The Hall–Kier alpha value is -1.11. The Bertz CT molecular complexity index is 411. The van der Waals surface area contributed by atoms with Gasteiger partial charge in [0, 0.05) is 18.1 Å². The van der Waals surface area contributed by atoms with Crippen molar-refractivity contribution in [3.63, 3.8) is 0 Å². The van der Waals surface area contributed by atoms with E-state index < -0.39 is 6.10 Å². The smallest absolute Gasteiger partial charge is 0.252 e. The van der Waals surface area contributed by atoms with Gasteiger partial charge in [0.25, 0.3) is 5.91 Å². The van der Waals surface area contributed by atoms with Gasteiger partial charge in [0.2, 0.25) is 0 Å². The molecule has 1 unspecified atom stereocenters. The molecule has 1 rings (SSSR count). The van der Waals surface area contributed by atoms with Crippen LogP contribution in [0.25, 0.3) is 0 Å². The minimum absolute atomic E-state index is 0.135. The molecule has 0 aliphatic heterocycles. The first-order valence-corrected chi connectivity index (χ1v) is 6.16. The van der Waals surface area contributed by atoms with Gasteiger partial charge in [0.05, 0.1) is 25.4 Å². The highest BCUT2D eigenvalue weighted by molar-refractivity contribution is 9.10. The van der Waals surface area contributed by atoms with Crippen LogP contribution in [0.3, 0.4) is 0 Å². The van der Waals surface area contributed by atoms with Crippen LogP contribution in [0.2, 0.25) is 0 Å². The molecule has 0 bridgehead atoms. The van der Waals surface area contributed by atoms with Crippen molar-refractivity contribution in [2.75, 3.05) is 27.4 Å². The Labute approximate surface area is 114 Å². The van der Waals surface area contributed by atoms with E-state index >= 15 is 0 Å². The molecule has 100 valence electrons. The molecule has 0 fully saturated rings. The van der Waals surface area contributed by atoms with Gasteiger partial charge in [-0.25, -0.2) is 0 Å². The Kier molecular flexibility index (Phi) is 6.11. The molecule has 18 heavy (non-hydrogen) atoms. The zero-order chi connectivity index (χ0) is 13.5. The van der Waals surface area contributed by atoms with Crippen LogP contribution in [-0.2, 0) is 4.74 Å². The fraction of sp³-hybridized carbons (Fsp3) is 0.417. The molecule has 0 aliphatic rings. The van der Waals surface area contributed by atoms with Crippen LogP contribution in [0.5, 0.6) is 5.75 Å². The molecular weight excluding hydrogens is 302 g/mol. The number of nitrogens with one attached hydrogen (secondary N) is 1. The van der Waals surface area contributed by atoms with Crippen molar-refractivity contribution in [3.05, 3.63) is 28.2 Å². The molecule has 1 aromatic rings. The second-order valence-electron chi connectivity index (χ2n) is 3.66. The molecule has 0 spiro atoms. The molecule has 6 heteroatoms. The number of methoxy groups -OCH3 is 2. The second-order valence-corrected chi connectivity index (χ2v) is 4.52. The van der Waals surface area contributed by atoms with Crippen molar-refractivity contribution in [2.45, 2.75) is 6.10 Å². The number of aliphatic hydroxyl groups excluding tert-OH is 1. The Morgan fingerprint density at radius 2 is 2.22 bits per heavy atom. The van der Waals surface area contributed by atoms with E-state index in [1.807, 2.05) is 0 Å². The third-order valence-electron chi connectivity index (χ3n) is 2.28. The van der Waals surface area contributed by atoms with Crippen molar-refractivity contribution < 1.29 is 19.4 Å². The quantitative estimate of drug-likeness (QED) is 0.827. The summed E-state index contributed by atoms with van der Waals surface area (Å²) in [6.07, 6.45) is -0.719. The molecule has 5 nitrogen and oxygen atoms in total. The first-order chi connectivity index (χ1) is 8.58. The molecule has 1 amide bonds. The number of aliphatic hydroxyl groups is 1. The maximum Gasteiger partial charge on any atom is 0.252 e. The molecule has 2 N–H and O–H groups in total. The molecule has 0 heterocycles. The van der Waals surface area contributed by atoms with Crippen molar-refractivity contribution in [3.8, 4) is 5.75 Å². The number of carbonyl (C=O) groups is 1. The summed E-state index contributed by atoms with van der Waals surface area (Å²) in [4.78, 5) is 11.9. The van der Waals surface area contributed by atoms with Crippen LogP contribution in [0.4, 0.5) is 0 Å². The van der Waals surface area contributed by atoms with Gasteiger partial charge in [0.15, 0.2) is 0 Å². The lowest BCUT2D eigenvalue weighted by atomic mass is 10.2. The lowest BCUT2D eigenvalue weighted by Gasteiger charge is -2.12. The molecule has 0 saturated heterocycles. The van der Waals surface area contributed by atoms with E-state index in [4.69, 9.17) is 9.47 Å². The predicted octanol–water partition coefficient (Wildman–Crippen LogP) is 1.19. The van der Waals surface area contributed by atoms with E-state index in [0.717, 1.165) is 0 Å². The summed E-state index contributed by atoms with van der Waals surface area (Å²) >= 11 is 3.29. The predicted molar refractivity (Wildman–Crippen MR) is 70.9 cm³/mol. The van der Waals surface area contributed by atoms with E-state index in [1.54, 1.807) is 18.2 Å². The van der Waals surface area contributed by atoms with Crippen LogP contribution in [0.1, 0.15) is 10.4 Å². The maximum absolute atomic E-state index is 11.9. The minimum Gasteiger partial charge on any atom is -0.497 e. The number of ether oxygens (including phenoxy) is 2. The standard InChI is InChI=1S/C12H16BrNO4/c1-17-7-8(15)6-14-12(16)10-5-9(18-2)3-4-11(10)13/h3-5,8,15H,6-7H2,1-2H3,(H,14,16). The van der Waals surface area contributed by atoms with E-state index in [-0.39, 0.29) is 19.1 Å². The van der Waals surface area contributed by atoms with Gasteiger partial charge in [-0.15, -0.1) is 0 Å². The Balaban J connectivity index is 2.66. The normalized spacial score (nSPS) is 12.0. The fourth-order valence-corrected chi connectivity index (χ4v) is 1.79. The summed E-state index contributed by atoms with van der Waals surface area (Å²) in [5, 5.41) is 12.1. The monoisotopic (exact) mass is 317 g/mol. The highest BCUT2D eigenvalue weighted by Gasteiger charge is 2.12. The van der Waals surface area contributed by atoms with Gasteiger partial charge in [-0.3, -0.25) is 4.79 Å². The minimum atomic E-state index is -0.719. The molecule has 1 atom stereocenters. The molecule has 0 aromatic heterocycles. The van der Waals surface area contributed by atoms with Crippen LogP contribution in [0.15, 0.2) is 22.7 Å². The molecule has 0 aliphatic carbocycles. The zero-order valence-electron chi connectivity index (χ0n) is 10.3. The topological polar surface area (TPSA) is 67.8 Å². The number of amides is 1. The molecule has 0 radical (unpaired) electrons. The highest BCUT2D eigenvalue weighted by Crippen LogP contribution is 2.22. The van der Waals surface area contributed by atoms with E-state index in [1.165, 1.54) is 14.2 Å². The summed E-state index contributed by atoms with van der Waals surface area (Å²) in [6.45, 7) is 0.315. The van der Waals surface area contributed by atoms with Crippen molar-refractivity contribution in [1.29, 1.82) is 0 Å². The number of hydrogen-bond acceptors (Lipinski definition) is 4. The third-order valence-corrected chi connectivity index (χ3v) is 2.97. The Morgan fingerprint density at radius 1 is 1.50 bits per heavy atom. The second kappa shape index (κ2) is 7.35. The Morgan fingerprint density at radius 3 is 2.83 bits per heavy atom. The van der Waals surface area contributed by atoms with Gasteiger partial charge in [-0.2, -0.15) is 0 Å². The fourth-order valence-electron chi connectivity index (χ4n) is 1.36. The number of rotatable bonds is 6. The third kappa shape index (κ3) is 4.29. The van der Waals surface area contributed by atoms with Crippen molar-refractivity contribution in [1.82, 2.24) is 5.32 Å². The van der Waals surface area contributed by atoms with E-state index in [0.29, 0.717) is 15.8 Å². The van der Waals surface area contributed by atoms with Gasteiger partial charge < -0.3 is 19.9 Å². The summed E-state index contributed by atoms with van der Waals surface area (Å²) in [6, 6.07) is 5.11.